The van der Waals surface area contributed by atoms with Crippen LogP contribution in [-0.4, -0.2) is 23.3 Å². The van der Waals surface area contributed by atoms with Gasteiger partial charge in [0.1, 0.15) is 0 Å². The lowest BCUT2D eigenvalue weighted by atomic mass is 10.2. The number of phenols is 1. The molecule has 2 aromatic carbocycles. The Morgan fingerprint density at radius 2 is 2.00 bits per heavy atom. The zero-order valence-electron chi connectivity index (χ0n) is 11.1. The summed E-state index contributed by atoms with van der Waals surface area (Å²) in [6.07, 6.45) is 1.32. The monoisotopic (exact) mass is 305 g/mol. The fourth-order valence-corrected chi connectivity index (χ4v) is 1.92. The molecule has 0 saturated heterocycles. The van der Waals surface area contributed by atoms with Crippen LogP contribution in [-0.2, 0) is 0 Å². The molecule has 2 aromatic rings. The average molecular weight is 306 g/mol. The van der Waals surface area contributed by atoms with Gasteiger partial charge in [-0.3, -0.25) is 15.1 Å². The van der Waals surface area contributed by atoms with Crippen molar-refractivity contribution in [1.29, 1.82) is 0 Å². The SMILES string of the molecule is CN(/N=C\c1cc(Cl)cc([N+](=O)[O-])c1O)c1ccccc1. The summed E-state index contributed by atoms with van der Waals surface area (Å²) >= 11 is 5.81. The molecule has 0 saturated carbocycles. The van der Waals surface area contributed by atoms with E-state index in [9.17, 15) is 15.2 Å². The highest BCUT2D eigenvalue weighted by Gasteiger charge is 2.17. The van der Waals surface area contributed by atoms with Crippen molar-refractivity contribution in [3.05, 3.63) is 63.2 Å². The number of phenolic OH excluding ortho intramolecular Hbond substituents is 1. The zero-order chi connectivity index (χ0) is 15.4. The molecule has 1 N–H and O–H groups in total. The van der Waals surface area contributed by atoms with Crippen molar-refractivity contribution in [2.24, 2.45) is 5.10 Å². The van der Waals surface area contributed by atoms with Crippen molar-refractivity contribution in [3.63, 3.8) is 0 Å². The van der Waals surface area contributed by atoms with Crippen LogP contribution in [0, 0.1) is 10.1 Å². The minimum absolute atomic E-state index is 0.156. The summed E-state index contributed by atoms with van der Waals surface area (Å²) in [5.74, 6) is -0.463. The van der Waals surface area contributed by atoms with E-state index in [1.807, 2.05) is 30.3 Å². The third-order valence-corrected chi connectivity index (χ3v) is 3.00. The lowest BCUT2D eigenvalue weighted by Crippen LogP contribution is -2.08. The normalized spacial score (nSPS) is 10.8. The van der Waals surface area contributed by atoms with Crippen LogP contribution in [0.1, 0.15) is 5.56 Å². The first-order chi connectivity index (χ1) is 9.99. The molecular formula is C14H12ClN3O3. The van der Waals surface area contributed by atoms with Gasteiger partial charge in [0.05, 0.1) is 16.8 Å². The van der Waals surface area contributed by atoms with Gasteiger partial charge in [0.2, 0.25) is 5.75 Å². The fraction of sp³-hybridized carbons (Fsp3) is 0.0714. The molecule has 0 amide bonds. The maximum atomic E-state index is 10.8. The number of benzene rings is 2. The molecule has 0 spiro atoms. The first-order valence-electron chi connectivity index (χ1n) is 5.98. The lowest BCUT2D eigenvalue weighted by molar-refractivity contribution is -0.385. The van der Waals surface area contributed by atoms with Crippen LogP contribution in [0.25, 0.3) is 0 Å². The Balaban J connectivity index is 2.31. The van der Waals surface area contributed by atoms with Gasteiger partial charge in [0, 0.05) is 23.7 Å². The van der Waals surface area contributed by atoms with Crippen molar-refractivity contribution in [1.82, 2.24) is 0 Å². The molecule has 0 unspecified atom stereocenters. The summed E-state index contributed by atoms with van der Waals surface area (Å²) in [7, 11) is 1.72. The minimum Gasteiger partial charge on any atom is -0.502 e. The van der Waals surface area contributed by atoms with Gasteiger partial charge >= 0.3 is 5.69 Å². The van der Waals surface area contributed by atoms with Gasteiger partial charge in [-0.15, -0.1) is 0 Å². The second kappa shape index (κ2) is 6.23. The molecule has 0 aromatic heterocycles. The Labute approximate surface area is 126 Å². The smallest absolute Gasteiger partial charge is 0.312 e. The van der Waals surface area contributed by atoms with E-state index in [2.05, 4.69) is 5.10 Å². The van der Waals surface area contributed by atoms with Crippen molar-refractivity contribution < 1.29 is 10.0 Å². The average Bonchev–Trinajstić information content (AvgIpc) is 2.48. The topological polar surface area (TPSA) is 79.0 Å². The standard InChI is InChI=1S/C14H12ClN3O3/c1-17(12-5-3-2-4-6-12)16-9-10-7-11(15)8-13(14(10)19)18(20)21/h2-9,19H,1H3/b16-9-. The van der Waals surface area contributed by atoms with Crippen molar-refractivity contribution >= 4 is 29.2 Å². The van der Waals surface area contributed by atoms with Crippen molar-refractivity contribution in [3.8, 4) is 5.75 Å². The van der Waals surface area contributed by atoms with Gasteiger partial charge in [0.15, 0.2) is 0 Å². The summed E-state index contributed by atoms with van der Waals surface area (Å²) < 4.78 is 0. The molecule has 0 bridgehead atoms. The summed E-state index contributed by atoms with van der Waals surface area (Å²) in [5, 5.41) is 26.5. The molecule has 0 atom stereocenters. The van der Waals surface area contributed by atoms with Crippen LogP contribution in [0.15, 0.2) is 47.6 Å². The highest BCUT2D eigenvalue weighted by atomic mass is 35.5. The molecule has 0 radical (unpaired) electrons. The number of hydrazone groups is 1. The fourth-order valence-electron chi connectivity index (χ4n) is 1.70. The molecule has 0 aliphatic carbocycles. The molecule has 0 fully saturated rings. The number of halogens is 1. The Morgan fingerprint density at radius 3 is 2.62 bits per heavy atom. The number of nitro benzene ring substituents is 1. The number of rotatable bonds is 4. The summed E-state index contributed by atoms with van der Waals surface area (Å²) in [6, 6.07) is 11.8. The molecule has 2 rings (SSSR count). The number of hydrogen-bond donors (Lipinski definition) is 1. The zero-order valence-corrected chi connectivity index (χ0v) is 11.9. The molecule has 7 heteroatoms. The maximum Gasteiger partial charge on any atom is 0.312 e. The van der Waals surface area contributed by atoms with E-state index in [1.54, 1.807) is 12.1 Å². The first kappa shape index (κ1) is 14.8. The van der Waals surface area contributed by atoms with Crippen LogP contribution >= 0.6 is 11.6 Å². The molecule has 0 aliphatic rings. The Hall–Kier alpha value is -2.60. The number of para-hydroxylation sites is 1. The van der Waals surface area contributed by atoms with E-state index in [4.69, 9.17) is 11.6 Å². The Kier molecular flexibility index (Phi) is 4.39. The largest absolute Gasteiger partial charge is 0.502 e. The van der Waals surface area contributed by atoms with E-state index in [0.29, 0.717) is 0 Å². The first-order valence-corrected chi connectivity index (χ1v) is 6.36. The third-order valence-electron chi connectivity index (χ3n) is 2.78. The molecule has 21 heavy (non-hydrogen) atoms. The molecule has 6 nitrogen and oxygen atoms in total. The van der Waals surface area contributed by atoms with Crippen LogP contribution < -0.4 is 5.01 Å². The number of anilines is 1. The van der Waals surface area contributed by atoms with Crippen LogP contribution in [0.2, 0.25) is 5.02 Å². The van der Waals surface area contributed by atoms with E-state index < -0.39 is 16.4 Å². The van der Waals surface area contributed by atoms with E-state index in [1.165, 1.54) is 12.3 Å². The summed E-state index contributed by atoms with van der Waals surface area (Å²) in [5.41, 5.74) is 0.563. The maximum absolute atomic E-state index is 10.8. The Morgan fingerprint density at radius 1 is 1.33 bits per heavy atom. The van der Waals surface area contributed by atoms with Crippen LogP contribution in [0.3, 0.4) is 0 Å². The predicted octanol–water partition coefficient (Wildman–Crippen LogP) is 3.42. The van der Waals surface area contributed by atoms with Crippen molar-refractivity contribution in [2.75, 3.05) is 12.1 Å². The molecule has 108 valence electrons. The molecule has 0 aliphatic heterocycles. The summed E-state index contributed by atoms with van der Waals surface area (Å²) in [6.45, 7) is 0. The van der Waals surface area contributed by atoms with Gasteiger partial charge in [0.25, 0.3) is 0 Å². The number of nitrogens with zero attached hydrogens (tertiary/aromatic N) is 3. The summed E-state index contributed by atoms with van der Waals surface area (Å²) in [4.78, 5) is 10.1. The van der Waals surface area contributed by atoms with E-state index in [-0.39, 0.29) is 10.6 Å². The number of hydrogen-bond acceptors (Lipinski definition) is 5. The van der Waals surface area contributed by atoms with Gasteiger partial charge in [-0.05, 0) is 18.2 Å². The van der Waals surface area contributed by atoms with Gasteiger partial charge < -0.3 is 5.11 Å². The van der Waals surface area contributed by atoms with Crippen LogP contribution in [0.5, 0.6) is 5.75 Å². The van der Waals surface area contributed by atoms with Gasteiger partial charge in [-0.2, -0.15) is 5.10 Å². The van der Waals surface area contributed by atoms with E-state index in [0.717, 1.165) is 11.8 Å². The number of nitro groups is 1. The van der Waals surface area contributed by atoms with Crippen LogP contribution in [0.4, 0.5) is 11.4 Å². The highest BCUT2D eigenvalue weighted by Crippen LogP contribution is 2.32. The predicted molar refractivity (Wildman–Crippen MR) is 82.2 cm³/mol. The van der Waals surface area contributed by atoms with Gasteiger partial charge in [-0.1, -0.05) is 29.8 Å². The van der Waals surface area contributed by atoms with Gasteiger partial charge in [-0.25, -0.2) is 0 Å². The second-order valence-electron chi connectivity index (χ2n) is 4.22. The van der Waals surface area contributed by atoms with E-state index >= 15 is 0 Å². The molecular weight excluding hydrogens is 294 g/mol. The second-order valence-corrected chi connectivity index (χ2v) is 4.66. The highest BCUT2D eigenvalue weighted by molar-refractivity contribution is 6.31. The third kappa shape index (κ3) is 3.49. The number of aromatic hydroxyl groups is 1. The minimum atomic E-state index is -0.695. The quantitative estimate of drug-likeness (QED) is 0.533. The molecule has 0 heterocycles. The lowest BCUT2D eigenvalue weighted by Gasteiger charge is -2.12. The van der Waals surface area contributed by atoms with Crippen molar-refractivity contribution in [2.45, 2.75) is 0 Å². The Bertz CT molecular complexity index is 689.